The Labute approximate surface area is 75.8 Å². The van der Waals surface area contributed by atoms with Gasteiger partial charge in [-0.05, 0) is 36.0 Å². The molecule has 0 fully saturated rings. The van der Waals surface area contributed by atoms with Gasteiger partial charge in [-0.1, -0.05) is 18.2 Å². The lowest BCUT2D eigenvalue weighted by Crippen LogP contribution is -1.81. The monoisotopic (exact) mass is 180 g/mol. The number of phenolic OH excluding ortho intramolecular Hbond substituents is 1. The topological polar surface area (TPSA) is 40.5 Å². The van der Waals surface area contributed by atoms with Crippen molar-refractivity contribution in [2.45, 2.75) is 0 Å². The molecule has 0 saturated carbocycles. The van der Waals surface area contributed by atoms with Gasteiger partial charge in [-0.25, -0.2) is 0 Å². The lowest BCUT2D eigenvalue weighted by Gasteiger charge is -1.92. The Balaban J connectivity index is 2.77. The number of rotatable bonds is 2. The van der Waals surface area contributed by atoms with Gasteiger partial charge in [0.05, 0.1) is 0 Å². The molecule has 0 saturated heterocycles. The van der Waals surface area contributed by atoms with E-state index in [1.165, 1.54) is 6.08 Å². The number of aliphatic hydroxyl groups is 1. The number of aromatic hydroxyl groups is 1. The van der Waals surface area contributed by atoms with Crippen LogP contribution in [0.3, 0.4) is 0 Å². The summed E-state index contributed by atoms with van der Waals surface area (Å²) >= 11 is 4.44. The van der Waals surface area contributed by atoms with Crippen molar-refractivity contribution in [2.24, 2.45) is 0 Å². The second-order valence-electron chi connectivity index (χ2n) is 2.26. The van der Waals surface area contributed by atoms with Crippen LogP contribution in [0.2, 0.25) is 0 Å². The Hall–Kier alpha value is -1.35. The molecule has 0 spiro atoms. The SMILES string of the molecule is OC(=S)C=Cc1ccc(O)cc1. The summed E-state index contributed by atoms with van der Waals surface area (Å²) in [5.41, 5.74) is 0.879. The predicted octanol–water partition coefficient (Wildman–Crippen LogP) is 2.29. The van der Waals surface area contributed by atoms with Gasteiger partial charge >= 0.3 is 0 Å². The van der Waals surface area contributed by atoms with E-state index < -0.39 is 0 Å². The van der Waals surface area contributed by atoms with Gasteiger partial charge in [-0.3, -0.25) is 0 Å². The first kappa shape index (κ1) is 8.74. The van der Waals surface area contributed by atoms with Gasteiger partial charge in [-0.2, -0.15) is 0 Å². The van der Waals surface area contributed by atoms with Gasteiger partial charge in [0.2, 0.25) is 0 Å². The second-order valence-corrected chi connectivity index (χ2v) is 2.68. The van der Waals surface area contributed by atoms with Crippen molar-refractivity contribution < 1.29 is 10.2 Å². The highest BCUT2D eigenvalue weighted by atomic mass is 32.1. The van der Waals surface area contributed by atoms with E-state index >= 15 is 0 Å². The second kappa shape index (κ2) is 3.88. The van der Waals surface area contributed by atoms with Crippen LogP contribution in [0.15, 0.2) is 30.3 Å². The van der Waals surface area contributed by atoms with Gasteiger partial charge in [0, 0.05) is 0 Å². The molecule has 0 unspecified atom stereocenters. The highest BCUT2D eigenvalue weighted by Crippen LogP contribution is 2.10. The quantitative estimate of drug-likeness (QED) is 0.542. The van der Waals surface area contributed by atoms with E-state index in [-0.39, 0.29) is 10.8 Å². The van der Waals surface area contributed by atoms with E-state index in [2.05, 4.69) is 12.2 Å². The van der Waals surface area contributed by atoms with Gasteiger partial charge in [0.25, 0.3) is 0 Å². The zero-order valence-electron chi connectivity index (χ0n) is 6.27. The summed E-state index contributed by atoms with van der Waals surface area (Å²) in [6.45, 7) is 0. The average molecular weight is 180 g/mol. The number of benzene rings is 1. The molecule has 0 aromatic heterocycles. The molecule has 0 amide bonds. The highest BCUT2D eigenvalue weighted by Gasteiger charge is 1.87. The molecule has 1 aromatic rings. The smallest absolute Gasteiger partial charge is 0.181 e. The minimum Gasteiger partial charge on any atom is -0.508 e. The number of aliphatic hydroxyl groups excluding tert-OH is 1. The maximum Gasteiger partial charge on any atom is 0.181 e. The fourth-order valence-electron chi connectivity index (χ4n) is 0.753. The van der Waals surface area contributed by atoms with Crippen LogP contribution in [0, 0.1) is 0 Å². The molecule has 0 radical (unpaired) electrons. The van der Waals surface area contributed by atoms with E-state index in [0.717, 1.165) is 5.56 Å². The van der Waals surface area contributed by atoms with Crippen molar-refractivity contribution in [1.82, 2.24) is 0 Å². The minimum absolute atomic E-state index is 0.150. The zero-order valence-corrected chi connectivity index (χ0v) is 7.08. The molecular formula is C9H8O2S. The molecule has 0 aliphatic carbocycles. The van der Waals surface area contributed by atoms with Gasteiger partial charge in [-0.15, -0.1) is 0 Å². The van der Waals surface area contributed by atoms with E-state index in [9.17, 15) is 0 Å². The van der Waals surface area contributed by atoms with Crippen LogP contribution in [0.1, 0.15) is 5.56 Å². The predicted molar refractivity (Wildman–Crippen MR) is 52.4 cm³/mol. The Kier molecular flexibility index (Phi) is 2.82. The van der Waals surface area contributed by atoms with E-state index in [1.54, 1.807) is 30.3 Å². The van der Waals surface area contributed by atoms with Gasteiger partial charge < -0.3 is 10.2 Å². The van der Waals surface area contributed by atoms with Crippen LogP contribution < -0.4 is 0 Å². The largest absolute Gasteiger partial charge is 0.508 e. The zero-order chi connectivity index (χ0) is 8.97. The summed E-state index contributed by atoms with van der Waals surface area (Å²) in [4.78, 5) is 0. The first-order valence-electron chi connectivity index (χ1n) is 3.38. The third-order valence-electron chi connectivity index (χ3n) is 1.31. The Morgan fingerprint density at radius 2 is 1.83 bits per heavy atom. The Bertz CT molecular complexity index is 301. The van der Waals surface area contributed by atoms with Crippen molar-refractivity contribution in [3.63, 3.8) is 0 Å². The maximum absolute atomic E-state index is 8.93. The van der Waals surface area contributed by atoms with Crippen molar-refractivity contribution >= 4 is 23.3 Å². The molecule has 2 N–H and O–H groups in total. The molecule has 62 valence electrons. The Morgan fingerprint density at radius 3 is 2.33 bits per heavy atom. The number of hydrogen-bond donors (Lipinski definition) is 2. The molecule has 1 aromatic carbocycles. The van der Waals surface area contributed by atoms with Crippen LogP contribution in [-0.4, -0.2) is 15.3 Å². The summed E-state index contributed by atoms with van der Waals surface area (Å²) in [5.74, 6) is 0.221. The lowest BCUT2D eigenvalue weighted by atomic mass is 10.2. The first-order valence-corrected chi connectivity index (χ1v) is 3.79. The Morgan fingerprint density at radius 1 is 1.25 bits per heavy atom. The van der Waals surface area contributed by atoms with E-state index in [4.69, 9.17) is 10.2 Å². The van der Waals surface area contributed by atoms with Crippen molar-refractivity contribution in [2.75, 3.05) is 0 Å². The third-order valence-corrected chi connectivity index (χ3v) is 1.45. The summed E-state index contributed by atoms with van der Waals surface area (Å²) in [5, 5.41) is 17.4. The number of hydrogen-bond acceptors (Lipinski definition) is 2. The maximum atomic E-state index is 8.93. The van der Waals surface area contributed by atoms with Crippen LogP contribution >= 0.6 is 12.2 Å². The molecule has 12 heavy (non-hydrogen) atoms. The molecule has 0 atom stereocenters. The fourth-order valence-corrected chi connectivity index (χ4v) is 0.821. The average Bonchev–Trinajstić information content (AvgIpc) is 2.03. The molecule has 0 aliphatic heterocycles. The summed E-state index contributed by atoms with van der Waals surface area (Å²) in [6.07, 6.45) is 3.09. The fraction of sp³-hybridized carbons (Fsp3) is 0. The summed E-state index contributed by atoms with van der Waals surface area (Å²) < 4.78 is 0. The highest BCUT2D eigenvalue weighted by molar-refractivity contribution is 7.80. The van der Waals surface area contributed by atoms with Crippen LogP contribution in [0.4, 0.5) is 0 Å². The molecule has 3 heteroatoms. The number of thiocarbonyl (C=S) groups is 1. The van der Waals surface area contributed by atoms with Crippen molar-refractivity contribution in [3.05, 3.63) is 35.9 Å². The van der Waals surface area contributed by atoms with Gasteiger partial charge in [0.15, 0.2) is 5.05 Å². The summed E-state index contributed by atoms with van der Waals surface area (Å²) in [6, 6.07) is 6.59. The lowest BCUT2D eigenvalue weighted by molar-refractivity contribution is 0.475. The standard InChI is InChI=1S/C9H8O2S/c10-8-4-1-7(2-5-8)3-6-9(11)12/h1-6,10H,(H,11,12). The molecular weight excluding hydrogens is 172 g/mol. The molecule has 0 heterocycles. The summed E-state index contributed by atoms with van der Waals surface area (Å²) in [7, 11) is 0. The molecule has 1 rings (SSSR count). The first-order chi connectivity index (χ1) is 5.68. The normalized spacial score (nSPS) is 10.3. The molecule has 0 aliphatic rings. The minimum atomic E-state index is -0.150. The van der Waals surface area contributed by atoms with Crippen molar-refractivity contribution in [3.8, 4) is 5.75 Å². The van der Waals surface area contributed by atoms with E-state index in [0.29, 0.717) is 0 Å². The number of phenols is 1. The van der Waals surface area contributed by atoms with Crippen LogP contribution in [0.25, 0.3) is 6.08 Å². The van der Waals surface area contributed by atoms with Crippen molar-refractivity contribution in [1.29, 1.82) is 0 Å². The molecule has 2 nitrogen and oxygen atoms in total. The molecule has 0 bridgehead atoms. The van der Waals surface area contributed by atoms with Crippen LogP contribution in [0.5, 0.6) is 5.75 Å². The van der Waals surface area contributed by atoms with Gasteiger partial charge in [0.1, 0.15) is 5.75 Å². The van der Waals surface area contributed by atoms with Crippen LogP contribution in [-0.2, 0) is 0 Å². The van der Waals surface area contributed by atoms with E-state index in [1.807, 2.05) is 0 Å². The third kappa shape index (κ3) is 2.72.